The van der Waals surface area contributed by atoms with Crippen LogP contribution in [0, 0.1) is 0 Å². The topological polar surface area (TPSA) is 95.4 Å². The molecule has 2 aliphatic heterocycles. The standard InChI is InChI=1S/C38H42N4O4/c43-37(31-16-14-30(15-17-31)29-11-5-2-6-12-29)39-33-22-24-42(25-23-33)34-20-18-32(19-21-34)40-38(44)35(27-28-9-3-1-4-10-28)41-46-36-13-7-8-26-45-36/h1-6,9-12,14-21,33,36,38,40,44H,7-8,13,22-27H2,(H,39,43)/b41-35+. The molecule has 2 unspecified atom stereocenters. The largest absolute Gasteiger partial charge is 0.371 e. The van der Waals surface area contributed by atoms with E-state index >= 15 is 0 Å². The van der Waals surface area contributed by atoms with Gasteiger partial charge in [0.2, 0.25) is 6.29 Å². The highest BCUT2D eigenvalue weighted by atomic mass is 16.8. The number of rotatable bonds is 11. The Morgan fingerprint density at radius 1 is 0.848 bits per heavy atom. The monoisotopic (exact) mass is 618 g/mol. The number of carbonyl (C=O) groups is 1. The summed E-state index contributed by atoms with van der Waals surface area (Å²) in [7, 11) is 0. The molecule has 4 aromatic carbocycles. The van der Waals surface area contributed by atoms with Gasteiger partial charge in [-0.05, 0) is 78.8 Å². The van der Waals surface area contributed by atoms with Gasteiger partial charge in [-0.2, -0.15) is 0 Å². The second-order valence-corrected chi connectivity index (χ2v) is 11.9. The molecule has 8 heteroatoms. The molecule has 8 nitrogen and oxygen atoms in total. The van der Waals surface area contributed by atoms with Crippen molar-refractivity contribution in [3.63, 3.8) is 0 Å². The van der Waals surface area contributed by atoms with Gasteiger partial charge >= 0.3 is 0 Å². The van der Waals surface area contributed by atoms with Crippen molar-refractivity contribution in [1.82, 2.24) is 5.32 Å². The lowest BCUT2D eigenvalue weighted by molar-refractivity contribution is -0.162. The lowest BCUT2D eigenvalue weighted by atomic mass is 10.0. The van der Waals surface area contributed by atoms with Crippen LogP contribution in [0.2, 0.25) is 0 Å². The van der Waals surface area contributed by atoms with Crippen molar-refractivity contribution in [2.24, 2.45) is 5.16 Å². The normalized spacial score (nSPS) is 18.1. The van der Waals surface area contributed by atoms with Crippen molar-refractivity contribution in [1.29, 1.82) is 0 Å². The Labute approximate surface area is 271 Å². The second-order valence-electron chi connectivity index (χ2n) is 11.9. The first kappa shape index (κ1) is 31.3. The van der Waals surface area contributed by atoms with Gasteiger partial charge in [0.05, 0.1) is 6.61 Å². The molecule has 2 saturated heterocycles. The quantitative estimate of drug-likeness (QED) is 0.0993. The fraction of sp³-hybridized carbons (Fsp3) is 0.316. The van der Waals surface area contributed by atoms with Gasteiger partial charge in [0.25, 0.3) is 5.91 Å². The van der Waals surface area contributed by atoms with Crippen LogP contribution < -0.4 is 15.5 Å². The highest BCUT2D eigenvalue weighted by molar-refractivity contribution is 5.95. The number of aliphatic hydroxyl groups excluding tert-OH is 1. The number of oxime groups is 1. The molecule has 0 bridgehead atoms. The Morgan fingerprint density at radius 2 is 1.52 bits per heavy atom. The Bertz CT molecular complexity index is 1550. The van der Waals surface area contributed by atoms with Crippen molar-refractivity contribution < 1.29 is 19.5 Å². The minimum atomic E-state index is -1.02. The van der Waals surface area contributed by atoms with Crippen LogP contribution in [0.1, 0.15) is 48.0 Å². The third-order valence-electron chi connectivity index (χ3n) is 8.59. The van der Waals surface area contributed by atoms with E-state index in [4.69, 9.17) is 9.57 Å². The lowest BCUT2D eigenvalue weighted by Gasteiger charge is -2.34. The Hall–Kier alpha value is -4.66. The van der Waals surface area contributed by atoms with E-state index in [0.29, 0.717) is 24.3 Å². The van der Waals surface area contributed by atoms with Crippen molar-refractivity contribution >= 4 is 23.0 Å². The number of anilines is 2. The van der Waals surface area contributed by atoms with E-state index in [1.807, 2.05) is 84.9 Å². The van der Waals surface area contributed by atoms with Gasteiger partial charge < -0.3 is 30.2 Å². The van der Waals surface area contributed by atoms with Crippen LogP contribution in [0.15, 0.2) is 114 Å². The number of aliphatic hydroxyl groups is 1. The van der Waals surface area contributed by atoms with Gasteiger partial charge in [-0.1, -0.05) is 78.0 Å². The highest BCUT2D eigenvalue weighted by Crippen LogP contribution is 2.24. The number of carbonyl (C=O) groups excluding carboxylic acids is 1. The number of nitrogens with zero attached hydrogens (tertiary/aromatic N) is 2. The van der Waals surface area contributed by atoms with Crippen LogP contribution >= 0.6 is 0 Å². The predicted octanol–water partition coefficient (Wildman–Crippen LogP) is 6.62. The van der Waals surface area contributed by atoms with Crippen molar-refractivity contribution in [2.75, 3.05) is 29.9 Å². The zero-order valence-corrected chi connectivity index (χ0v) is 26.1. The van der Waals surface area contributed by atoms with E-state index in [-0.39, 0.29) is 18.2 Å². The van der Waals surface area contributed by atoms with Gasteiger partial charge in [-0.3, -0.25) is 4.79 Å². The van der Waals surface area contributed by atoms with Gasteiger partial charge in [-0.15, -0.1) is 0 Å². The Morgan fingerprint density at radius 3 is 2.20 bits per heavy atom. The molecule has 2 atom stereocenters. The maximum Gasteiger partial charge on any atom is 0.251 e. The summed E-state index contributed by atoms with van der Waals surface area (Å²) < 4.78 is 5.65. The third-order valence-corrected chi connectivity index (χ3v) is 8.59. The van der Waals surface area contributed by atoms with E-state index in [9.17, 15) is 9.90 Å². The molecule has 0 aliphatic carbocycles. The average Bonchev–Trinajstić information content (AvgIpc) is 3.12. The zero-order chi connectivity index (χ0) is 31.6. The van der Waals surface area contributed by atoms with E-state index in [1.165, 1.54) is 0 Å². The summed E-state index contributed by atoms with van der Waals surface area (Å²) in [6.45, 7) is 2.36. The number of nitrogens with one attached hydrogen (secondary N) is 2. The first-order chi connectivity index (χ1) is 22.6. The van der Waals surface area contributed by atoms with Gasteiger partial charge in [0.15, 0.2) is 6.23 Å². The second kappa shape index (κ2) is 15.6. The smallest absolute Gasteiger partial charge is 0.251 e. The molecule has 238 valence electrons. The number of benzene rings is 4. The molecule has 0 radical (unpaired) electrons. The van der Waals surface area contributed by atoms with E-state index in [2.05, 4.69) is 45.0 Å². The molecule has 4 aromatic rings. The first-order valence-electron chi connectivity index (χ1n) is 16.2. The van der Waals surface area contributed by atoms with Crippen molar-refractivity contribution in [3.8, 4) is 11.1 Å². The molecule has 2 fully saturated rings. The molecule has 6 rings (SSSR count). The molecule has 0 spiro atoms. The molecule has 2 heterocycles. The predicted molar refractivity (Wildman–Crippen MR) is 183 cm³/mol. The SMILES string of the molecule is O=C(NC1CCN(c2ccc(NC(O)/C(Cc3ccccc3)=N/OC3CCCCO3)cc2)CC1)c1ccc(-c2ccccc2)cc1. The molecule has 0 aromatic heterocycles. The number of ether oxygens (including phenoxy) is 1. The van der Waals surface area contributed by atoms with E-state index in [0.717, 1.165) is 73.3 Å². The summed E-state index contributed by atoms with van der Waals surface area (Å²) in [4.78, 5) is 21.0. The maximum absolute atomic E-state index is 12.9. The minimum absolute atomic E-state index is 0.0288. The summed E-state index contributed by atoms with van der Waals surface area (Å²) in [5.41, 5.74) is 6.33. The average molecular weight is 619 g/mol. The summed E-state index contributed by atoms with van der Waals surface area (Å²) >= 11 is 0. The molecular weight excluding hydrogens is 576 g/mol. The first-order valence-corrected chi connectivity index (χ1v) is 16.2. The molecule has 2 aliphatic rings. The van der Waals surface area contributed by atoms with Crippen molar-refractivity contribution in [2.45, 2.75) is 57.1 Å². The summed E-state index contributed by atoms with van der Waals surface area (Å²) in [6, 6.07) is 36.1. The van der Waals surface area contributed by atoms with E-state index in [1.54, 1.807) is 0 Å². The summed E-state index contributed by atoms with van der Waals surface area (Å²) in [6.07, 6.45) is 3.65. The number of hydrogen-bond acceptors (Lipinski definition) is 7. The van der Waals surface area contributed by atoms with Crippen LogP contribution in [0.25, 0.3) is 11.1 Å². The number of hydrogen-bond donors (Lipinski definition) is 3. The molecule has 3 N–H and O–H groups in total. The molecular formula is C38H42N4O4. The van der Waals surface area contributed by atoms with E-state index < -0.39 is 6.23 Å². The van der Waals surface area contributed by atoms with Crippen LogP contribution in [-0.4, -0.2) is 55.0 Å². The fourth-order valence-corrected chi connectivity index (χ4v) is 5.91. The van der Waals surface area contributed by atoms with Gasteiger partial charge in [0.1, 0.15) is 5.71 Å². The van der Waals surface area contributed by atoms with Crippen LogP contribution in [0.4, 0.5) is 11.4 Å². The minimum Gasteiger partial charge on any atom is -0.371 e. The van der Waals surface area contributed by atoms with Gasteiger partial charge in [-0.25, -0.2) is 0 Å². The van der Waals surface area contributed by atoms with Gasteiger partial charge in [0, 0.05) is 48.9 Å². The fourth-order valence-electron chi connectivity index (χ4n) is 5.91. The maximum atomic E-state index is 12.9. The molecule has 1 amide bonds. The van der Waals surface area contributed by atoms with Crippen LogP contribution in [0.3, 0.4) is 0 Å². The molecule has 46 heavy (non-hydrogen) atoms. The van der Waals surface area contributed by atoms with Crippen LogP contribution in [0.5, 0.6) is 0 Å². The van der Waals surface area contributed by atoms with Crippen molar-refractivity contribution in [3.05, 3.63) is 120 Å². The number of piperidine rings is 1. The third kappa shape index (κ3) is 8.53. The Balaban J connectivity index is 1.000. The zero-order valence-electron chi connectivity index (χ0n) is 26.1. The summed E-state index contributed by atoms with van der Waals surface area (Å²) in [5.74, 6) is -0.0288. The summed E-state index contributed by atoms with van der Waals surface area (Å²) in [5, 5.41) is 21.8. The van der Waals surface area contributed by atoms with Crippen LogP contribution in [-0.2, 0) is 16.0 Å². The molecule has 0 saturated carbocycles. The highest BCUT2D eigenvalue weighted by Gasteiger charge is 2.22. The Kier molecular flexibility index (Phi) is 10.6. The lowest BCUT2D eigenvalue weighted by Crippen LogP contribution is -2.44. The number of amides is 1.